The third-order valence-electron chi connectivity index (χ3n) is 3.63. The van der Waals surface area contributed by atoms with Gasteiger partial charge in [0.2, 0.25) is 11.3 Å². The van der Waals surface area contributed by atoms with Crippen LogP contribution in [0.15, 0.2) is 21.3 Å². The van der Waals surface area contributed by atoms with Crippen LogP contribution in [-0.4, -0.2) is 5.91 Å². The quantitative estimate of drug-likeness (QED) is 0.806. The Hall–Kier alpha value is -2.30. The van der Waals surface area contributed by atoms with Crippen LogP contribution < -0.4 is 16.9 Å². The number of rotatable bonds is 1. The molecule has 1 amide bonds. The molecule has 1 aromatic heterocycles. The SMILES string of the molecule is NC(=O)c1c(N)oc2cc3c(cc2c1=O)CCCC3. The van der Waals surface area contributed by atoms with Crippen molar-refractivity contribution in [1.82, 2.24) is 0 Å². The maximum Gasteiger partial charge on any atom is 0.258 e. The van der Waals surface area contributed by atoms with E-state index in [1.807, 2.05) is 12.1 Å². The van der Waals surface area contributed by atoms with Gasteiger partial charge in [-0.15, -0.1) is 0 Å². The van der Waals surface area contributed by atoms with E-state index in [4.69, 9.17) is 15.9 Å². The van der Waals surface area contributed by atoms with Crippen LogP contribution in [0, 0.1) is 0 Å². The molecule has 1 heterocycles. The fraction of sp³-hybridized carbons (Fsp3) is 0.286. The average molecular weight is 258 g/mol. The number of carbonyl (C=O) groups is 1. The van der Waals surface area contributed by atoms with Gasteiger partial charge in [-0.1, -0.05) is 0 Å². The summed E-state index contributed by atoms with van der Waals surface area (Å²) in [6.45, 7) is 0. The van der Waals surface area contributed by atoms with Crippen LogP contribution in [0.4, 0.5) is 5.88 Å². The topological polar surface area (TPSA) is 99.3 Å². The Kier molecular flexibility index (Phi) is 2.55. The van der Waals surface area contributed by atoms with E-state index in [2.05, 4.69) is 0 Å². The molecular weight excluding hydrogens is 244 g/mol. The molecule has 98 valence electrons. The summed E-state index contributed by atoms with van der Waals surface area (Å²) in [5.41, 5.74) is 12.8. The molecule has 0 unspecified atom stereocenters. The molecule has 2 aromatic rings. The fourth-order valence-corrected chi connectivity index (χ4v) is 2.67. The maximum absolute atomic E-state index is 12.2. The van der Waals surface area contributed by atoms with Crippen molar-refractivity contribution in [3.63, 3.8) is 0 Å². The third kappa shape index (κ3) is 1.78. The van der Waals surface area contributed by atoms with Crippen LogP contribution in [0.5, 0.6) is 0 Å². The number of nitrogens with two attached hydrogens (primary N) is 2. The minimum atomic E-state index is -0.856. The molecule has 4 N–H and O–H groups in total. The maximum atomic E-state index is 12.2. The van der Waals surface area contributed by atoms with Crippen molar-refractivity contribution < 1.29 is 9.21 Å². The molecule has 3 rings (SSSR count). The van der Waals surface area contributed by atoms with Gasteiger partial charge < -0.3 is 15.9 Å². The normalized spacial score (nSPS) is 14.3. The van der Waals surface area contributed by atoms with Gasteiger partial charge in [0.1, 0.15) is 11.1 Å². The molecule has 0 bridgehead atoms. The van der Waals surface area contributed by atoms with Crippen LogP contribution in [0.1, 0.15) is 34.3 Å². The first-order chi connectivity index (χ1) is 9.08. The lowest BCUT2D eigenvalue weighted by molar-refractivity contribution is 0.0999. The Labute approximate surface area is 109 Å². The van der Waals surface area contributed by atoms with E-state index in [9.17, 15) is 9.59 Å². The second kappa shape index (κ2) is 4.12. The minimum Gasteiger partial charge on any atom is -0.440 e. The number of anilines is 1. The number of amides is 1. The molecule has 1 aliphatic rings. The van der Waals surface area contributed by atoms with Crippen LogP contribution in [0.25, 0.3) is 11.0 Å². The van der Waals surface area contributed by atoms with Crippen molar-refractivity contribution in [1.29, 1.82) is 0 Å². The van der Waals surface area contributed by atoms with Gasteiger partial charge in [0.15, 0.2) is 0 Å². The first kappa shape index (κ1) is 11.8. The molecular formula is C14H14N2O3. The number of benzene rings is 1. The molecule has 1 aliphatic carbocycles. The highest BCUT2D eigenvalue weighted by Gasteiger charge is 2.19. The van der Waals surface area contributed by atoms with Gasteiger partial charge in [0.25, 0.3) is 5.91 Å². The molecule has 0 atom stereocenters. The number of hydrogen-bond acceptors (Lipinski definition) is 4. The summed E-state index contributed by atoms with van der Waals surface area (Å²) in [7, 11) is 0. The summed E-state index contributed by atoms with van der Waals surface area (Å²) in [6.07, 6.45) is 4.17. The van der Waals surface area contributed by atoms with Crippen molar-refractivity contribution in [2.75, 3.05) is 5.73 Å². The molecule has 5 heteroatoms. The highest BCUT2D eigenvalue weighted by atomic mass is 16.3. The van der Waals surface area contributed by atoms with Gasteiger partial charge in [0.05, 0.1) is 5.39 Å². The first-order valence-corrected chi connectivity index (χ1v) is 6.26. The second-order valence-corrected chi connectivity index (χ2v) is 4.86. The summed E-state index contributed by atoms with van der Waals surface area (Å²) in [6, 6.07) is 3.66. The zero-order chi connectivity index (χ0) is 13.6. The van der Waals surface area contributed by atoms with Crippen LogP contribution >= 0.6 is 0 Å². The lowest BCUT2D eigenvalue weighted by Gasteiger charge is -2.16. The number of nitrogen functional groups attached to an aromatic ring is 1. The van der Waals surface area contributed by atoms with Crippen molar-refractivity contribution in [2.45, 2.75) is 25.7 Å². The van der Waals surface area contributed by atoms with Gasteiger partial charge in [-0.3, -0.25) is 9.59 Å². The molecule has 0 spiro atoms. The van der Waals surface area contributed by atoms with Crippen molar-refractivity contribution in [3.05, 3.63) is 39.0 Å². The Morgan fingerprint density at radius 3 is 2.42 bits per heavy atom. The fourth-order valence-electron chi connectivity index (χ4n) is 2.67. The van der Waals surface area contributed by atoms with E-state index >= 15 is 0 Å². The van der Waals surface area contributed by atoms with Crippen LogP contribution in [0.2, 0.25) is 0 Å². The molecule has 0 saturated heterocycles. The zero-order valence-electron chi connectivity index (χ0n) is 10.4. The van der Waals surface area contributed by atoms with Gasteiger partial charge >= 0.3 is 0 Å². The molecule has 0 radical (unpaired) electrons. The van der Waals surface area contributed by atoms with Crippen molar-refractivity contribution in [3.8, 4) is 0 Å². The second-order valence-electron chi connectivity index (χ2n) is 4.86. The predicted octanol–water partition coefficient (Wildman–Crippen LogP) is 1.35. The Balaban J connectivity index is 2.37. The average Bonchev–Trinajstić information content (AvgIpc) is 2.36. The van der Waals surface area contributed by atoms with E-state index in [-0.39, 0.29) is 11.4 Å². The molecule has 5 nitrogen and oxygen atoms in total. The Morgan fingerprint density at radius 2 is 1.79 bits per heavy atom. The predicted molar refractivity (Wildman–Crippen MR) is 72.1 cm³/mol. The van der Waals surface area contributed by atoms with E-state index < -0.39 is 11.3 Å². The summed E-state index contributed by atoms with van der Waals surface area (Å²) < 4.78 is 5.38. The van der Waals surface area contributed by atoms with Gasteiger partial charge in [-0.25, -0.2) is 0 Å². The lowest BCUT2D eigenvalue weighted by atomic mass is 9.90. The Morgan fingerprint density at radius 1 is 1.16 bits per heavy atom. The van der Waals surface area contributed by atoms with Crippen LogP contribution in [0.3, 0.4) is 0 Å². The third-order valence-corrected chi connectivity index (χ3v) is 3.63. The van der Waals surface area contributed by atoms with E-state index in [0.29, 0.717) is 11.0 Å². The minimum absolute atomic E-state index is 0.208. The monoisotopic (exact) mass is 258 g/mol. The highest BCUT2D eigenvalue weighted by molar-refractivity contribution is 5.99. The Bertz CT molecular complexity index is 746. The number of carbonyl (C=O) groups excluding carboxylic acids is 1. The summed E-state index contributed by atoms with van der Waals surface area (Å²) >= 11 is 0. The lowest BCUT2D eigenvalue weighted by Crippen LogP contribution is -2.24. The molecule has 1 aromatic carbocycles. The molecule has 19 heavy (non-hydrogen) atoms. The largest absolute Gasteiger partial charge is 0.440 e. The summed E-state index contributed by atoms with van der Waals surface area (Å²) in [5.74, 6) is -1.06. The van der Waals surface area contributed by atoms with E-state index in [1.165, 1.54) is 5.56 Å². The molecule has 0 fully saturated rings. The van der Waals surface area contributed by atoms with Gasteiger partial charge in [-0.05, 0) is 48.9 Å². The van der Waals surface area contributed by atoms with Crippen molar-refractivity contribution >= 4 is 22.8 Å². The van der Waals surface area contributed by atoms with E-state index in [0.717, 1.165) is 31.2 Å². The smallest absolute Gasteiger partial charge is 0.258 e. The summed E-state index contributed by atoms with van der Waals surface area (Å²) in [4.78, 5) is 23.5. The molecule has 0 aliphatic heterocycles. The number of fused-ring (bicyclic) bond motifs is 2. The van der Waals surface area contributed by atoms with E-state index in [1.54, 1.807) is 0 Å². The zero-order valence-corrected chi connectivity index (χ0v) is 10.4. The highest BCUT2D eigenvalue weighted by Crippen LogP contribution is 2.27. The first-order valence-electron chi connectivity index (χ1n) is 6.26. The van der Waals surface area contributed by atoms with Gasteiger partial charge in [-0.2, -0.15) is 0 Å². The molecule has 0 saturated carbocycles. The van der Waals surface area contributed by atoms with Crippen molar-refractivity contribution in [2.24, 2.45) is 5.73 Å². The van der Waals surface area contributed by atoms with Crippen LogP contribution in [-0.2, 0) is 12.8 Å². The van der Waals surface area contributed by atoms with Gasteiger partial charge in [0, 0.05) is 0 Å². The number of hydrogen-bond donors (Lipinski definition) is 2. The number of primary amides is 1. The summed E-state index contributed by atoms with van der Waals surface area (Å²) in [5, 5.41) is 0.378. The standard InChI is InChI=1S/C14H14N2O3/c15-13(18)11-12(17)9-5-7-3-1-2-4-8(7)6-10(9)19-14(11)16/h5-6H,1-4,16H2,(H2,15,18). The number of aryl methyl sites for hydroxylation is 2.